The Kier molecular flexibility index (Phi) is 5.70. The fourth-order valence-electron chi connectivity index (χ4n) is 3.92. The molecule has 7 heteroatoms. The van der Waals surface area contributed by atoms with Crippen LogP contribution < -0.4 is 4.74 Å². The Hall–Kier alpha value is -3.66. The van der Waals surface area contributed by atoms with Crippen molar-refractivity contribution in [2.24, 2.45) is 0 Å². The Morgan fingerprint density at radius 2 is 1.75 bits per heavy atom. The molecule has 162 valence electrons. The first-order chi connectivity index (χ1) is 15.3. The van der Waals surface area contributed by atoms with Gasteiger partial charge in [0.05, 0.1) is 0 Å². The van der Waals surface area contributed by atoms with Crippen molar-refractivity contribution in [2.75, 3.05) is 0 Å². The molecule has 0 aromatic heterocycles. The minimum Gasteiger partial charge on any atom is -0.423 e. The van der Waals surface area contributed by atoms with Crippen LogP contribution in [0.3, 0.4) is 0 Å². The van der Waals surface area contributed by atoms with E-state index in [1.807, 2.05) is 18.2 Å². The van der Waals surface area contributed by atoms with Crippen molar-refractivity contribution in [2.45, 2.75) is 32.6 Å². The van der Waals surface area contributed by atoms with Gasteiger partial charge in [-0.25, -0.2) is 22.4 Å². The highest BCUT2D eigenvalue weighted by Crippen LogP contribution is 2.40. The molecular formula is C25H17F4NO2. The number of ether oxygens (including phenoxy) is 1. The molecule has 0 heterocycles. The van der Waals surface area contributed by atoms with Gasteiger partial charge in [0.25, 0.3) is 0 Å². The molecule has 3 aromatic carbocycles. The van der Waals surface area contributed by atoms with E-state index in [0.717, 1.165) is 36.5 Å². The van der Waals surface area contributed by atoms with Gasteiger partial charge in [0.1, 0.15) is 46.2 Å². The monoisotopic (exact) mass is 439 g/mol. The van der Waals surface area contributed by atoms with Crippen molar-refractivity contribution in [1.82, 2.24) is 0 Å². The zero-order valence-electron chi connectivity index (χ0n) is 17.1. The van der Waals surface area contributed by atoms with Gasteiger partial charge in [0.15, 0.2) is 0 Å². The number of benzene rings is 3. The molecule has 0 radical (unpaired) electrons. The number of carbonyl (C=O) groups is 1. The summed E-state index contributed by atoms with van der Waals surface area (Å²) in [6, 6.07) is 9.34. The Labute approximate surface area is 181 Å². The summed E-state index contributed by atoms with van der Waals surface area (Å²) in [5, 5.41) is 8.71. The summed E-state index contributed by atoms with van der Waals surface area (Å²) in [5.74, 6) is -6.73. The molecule has 0 saturated heterocycles. The highest BCUT2D eigenvalue weighted by Gasteiger charge is 2.30. The summed E-state index contributed by atoms with van der Waals surface area (Å²) in [6.45, 7) is 2.09. The molecule has 0 unspecified atom stereocenters. The summed E-state index contributed by atoms with van der Waals surface area (Å²) in [4.78, 5) is 12.5. The van der Waals surface area contributed by atoms with Crippen molar-refractivity contribution in [1.29, 1.82) is 5.26 Å². The molecule has 0 fully saturated rings. The molecule has 3 nitrogen and oxygen atoms in total. The van der Waals surface area contributed by atoms with Gasteiger partial charge in [-0.1, -0.05) is 31.5 Å². The third-order valence-corrected chi connectivity index (χ3v) is 5.51. The SMILES string of the molecule is CCCCc1ccc2c(c1)Cc1c-2cc(F)c(C(=O)Oc2cc(F)c(C#N)c(F)c2)c1F. The number of nitrogens with zero attached hydrogens (tertiary/aromatic N) is 1. The van der Waals surface area contributed by atoms with Crippen LogP contribution in [0.15, 0.2) is 36.4 Å². The zero-order chi connectivity index (χ0) is 23.0. The summed E-state index contributed by atoms with van der Waals surface area (Å²) in [6.07, 6.45) is 3.13. The van der Waals surface area contributed by atoms with E-state index in [9.17, 15) is 18.0 Å². The Morgan fingerprint density at radius 1 is 1.03 bits per heavy atom. The molecule has 0 atom stereocenters. The van der Waals surface area contributed by atoms with Crippen molar-refractivity contribution in [3.63, 3.8) is 0 Å². The first-order valence-corrected chi connectivity index (χ1v) is 10.1. The maximum atomic E-state index is 15.2. The first-order valence-electron chi connectivity index (χ1n) is 10.1. The molecule has 0 aliphatic heterocycles. The standard InChI is InChI=1S/C25H17F4NO2/c1-2-3-4-13-5-6-16-14(7-13)8-18-17(16)11-22(28)23(24(18)29)25(31)32-15-9-20(26)19(12-30)21(27)10-15/h5-7,9-11H,2-4,8H2,1H3. The lowest BCUT2D eigenvalue weighted by Crippen LogP contribution is -2.15. The van der Waals surface area contributed by atoms with Crippen molar-refractivity contribution in [3.05, 3.63) is 87.5 Å². The fraction of sp³-hybridized carbons (Fsp3) is 0.200. The zero-order valence-corrected chi connectivity index (χ0v) is 17.1. The number of esters is 1. The first kappa shape index (κ1) is 21.6. The third kappa shape index (κ3) is 3.73. The normalized spacial score (nSPS) is 11.6. The van der Waals surface area contributed by atoms with Crippen molar-refractivity contribution < 1.29 is 27.1 Å². The average Bonchev–Trinajstić information content (AvgIpc) is 3.10. The number of fused-ring (bicyclic) bond motifs is 3. The van der Waals surface area contributed by atoms with E-state index < -0.39 is 46.1 Å². The van der Waals surface area contributed by atoms with Crippen LogP contribution in [-0.2, 0) is 12.8 Å². The lowest BCUT2D eigenvalue weighted by molar-refractivity contribution is 0.0723. The van der Waals surface area contributed by atoms with Crippen LogP contribution in [0.1, 0.15) is 52.4 Å². The summed E-state index contributed by atoms with van der Waals surface area (Å²) in [7, 11) is 0. The molecule has 0 saturated carbocycles. The van der Waals surface area contributed by atoms with Crippen molar-refractivity contribution in [3.8, 4) is 22.9 Å². The molecule has 0 spiro atoms. The van der Waals surface area contributed by atoms with Gasteiger partial charge in [-0.3, -0.25) is 0 Å². The topological polar surface area (TPSA) is 50.1 Å². The fourth-order valence-corrected chi connectivity index (χ4v) is 3.92. The third-order valence-electron chi connectivity index (χ3n) is 5.51. The van der Waals surface area contributed by atoms with Crippen LogP contribution in [0.2, 0.25) is 0 Å². The van der Waals surface area contributed by atoms with Gasteiger partial charge in [0, 0.05) is 24.1 Å². The lowest BCUT2D eigenvalue weighted by atomic mass is 10.00. The van der Waals surface area contributed by atoms with E-state index in [1.165, 1.54) is 6.07 Å². The second-order valence-corrected chi connectivity index (χ2v) is 7.61. The van der Waals surface area contributed by atoms with Crippen LogP contribution >= 0.6 is 0 Å². The number of nitriles is 1. The Balaban J connectivity index is 1.66. The van der Waals surface area contributed by atoms with Crippen LogP contribution in [0.25, 0.3) is 11.1 Å². The summed E-state index contributed by atoms with van der Waals surface area (Å²) < 4.78 is 62.3. The minimum absolute atomic E-state index is 0.165. The molecular weight excluding hydrogens is 422 g/mol. The predicted octanol–water partition coefficient (Wildman–Crippen LogP) is 6.25. The average molecular weight is 439 g/mol. The number of carbonyl (C=O) groups excluding carboxylic acids is 1. The van der Waals surface area contributed by atoms with Gasteiger partial charge >= 0.3 is 5.97 Å². The van der Waals surface area contributed by atoms with Crippen molar-refractivity contribution >= 4 is 5.97 Å². The number of halogens is 4. The van der Waals surface area contributed by atoms with E-state index in [1.54, 1.807) is 0 Å². The number of hydrogen-bond acceptors (Lipinski definition) is 3. The Bertz CT molecular complexity index is 1270. The highest BCUT2D eigenvalue weighted by molar-refractivity contribution is 5.94. The number of hydrogen-bond donors (Lipinski definition) is 0. The van der Waals surface area contributed by atoms with E-state index in [-0.39, 0.29) is 12.0 Å². The molecule has 1 aliphatic carbocycles. The second-order valence-electron chi connectivity index (χ2n) is 7.61. The van der Waals surface area contributed by atoms with Gasteiger partial charge in [0.2, 0.25) is 0 Å². The molecule has 3 aromatic rings. The molecule has 0 bridgehead atoms. The van der Waals surface area contributed by atoms with E-state index in [4.69, 9.17) is 10.00 Å². The van der Waals surface area contributed by atoms with Crippen LogP contribution in [-0.4, -0.2) is 5.97 Å². The molecule has 1 aliphatic rings. The van der Waals surface area contributed by atoms with Gasteiger partial charge in [-0.2, -0.15) is 5.26 Å². The summed E-state index contributed by atoms with van der Waals surface area (Å²) >= 11 is 0. The lowest BCUT2D eigenvalue weighted by Gasteiger charge is -2.10. The van der Waals surface area contributed by atoms with Crippen LogP contribution in [0.5, 0.6) is 5.75 Å². The maximum Gasteiger partial charge on any atom is 0.349 e. The number of rotatable bonds is 5. The second kappa shape index (κ2) is 8.46. The smallest absolute Gasteiger partial charge is 0.349 e. The van der Waals surface area contributed by atoms with E-state index >= 15 is 4.39 Å². The van der Waals surface area contributed by atoms with E-state index in [0.29, 0.717) is 23.3 Å². The maximum absolute atomic E-state index is 15.2. The highest BCUT2D eigenvalue weighted by atomic mass is 19.1. The predicted molar refractivity (Wildman–Crippen MR) is 109 cm³/mol. The van der Waals surface area contributed by atoms with Gasteiger partial charge in [-0.15, -0.1) is 0 Å². The van der Waals surface area contributed by atoms with Crippen LogP contribution in [0, 0.1) is 34.6 Å². The molecule has 4 rings (SSSR count). The van der Waals surface area contributed by atoms with Gasteiger partial charge < -0.3 is 4.74 Å². The van der Waals surface area contributed by atoms with E-state index in [2.05, 4.69) is 6.92 Å². The molecule has 0 amide bonds. The summed E-state index contributed by atoms with van der Waals surface area (Å²) in [5.41, 5.74) is 1.39. The quantitative estimate of drug-likeness (QED) is 0.210. The number of aryl methyl sites for hydroxylation is 1. The number of unbranched alkanes of at least 4 members (excludes halogenated alkanes) is 1. The van der Waals surface area contributed by atoms with Gasteiger partial charge in [-0.05, 0) is 41.2 Å². The largest absolute Gasteiger partial charge is 0.423 e. The molecule has 32 heavy (non-hydrogen) atoms. The molecule has 0 N–H and O–H groups in total. The minimum atomic E-state index is -1.43. The van der Waals surface area contributed by atoms with Crippen LogP contribution in [0.4, 0.5) is 17.6 Å². The Morgan fingerprint density at radius 3 is 2.41 bits per heavy atom.